The van der Waals surface area contributed by atoms with Crippen LogP contribution < -0.4 is 10.2 Å². The summed E-state index contributed by atoms with van der Waals surface area (Å²) in [5.74, 6) is -0.521. The van der Waals surface area contributed by atoms with Crippen molar-refractivity contribution in [2.75, 3.05) is 11.4 Å². The predicted molar refractivity (Wildman–Crippen MR) is 77.4 cm³/mol. The maximum Gasteiger partial charge on any atom is 0.328 e. The van der Waals surface area contributed by atoms with Crippen LogP contribution in [-0.2, 0) is 4.79 Å². The van der Waals surface area contributed by atoms with Gasteiger partial charge in [0.1, 0.15) is 5.82 Å². The van der Waals surface area contributed by atoms with E-state index in [4.69, 9.17) is 0 Å². The minimum Gasteiger partial charge on any atom is -0.336 e. The lowest BCUT2D eigenvalue weighted by Crippen LogP contribution is -2.60. The SMILES string of the molecule is O=C1NCC2(CCCCCC2)C(=O)N1c1ccc(F)cc1. The fourth-order valence-corrected chi connectivity index (χ4v) is 3.35. The highest BCUT2D eigenvalue weighted by atomic mass is 19.1. The van der Waals surface area contributed by atoms with Crippen LogP contribution in [-0.4, -0.2) is 18.5 Å². The Balaban J connectivity index is 1.93. The molecule has 2 aliphatic rings. The normalized spacial score (nSPS) is 22.0. The first-order valence-corrected chi connectivity index (χ1v) is 7.50. The Labute approximate surface area is 123 Å². The molecule has 0 bridgehead atoms. The van der Waals surface area contributed by atoms with E-state index in [1.807, 2.05) is 0 Å². The van der Waals surface area contributed by atoms with E-state index in [0.29, 0.717) is 12.2 Å². The molecule has 1 N–H and O–H groups in total. The van der Waals surface area contributed by atoms with Crippen molar-refractivity contribution >= 4 is 17.6 Å². The Morgan fingerprint density at radius 3 is 2.24 bits per heavy atom. The molecule has 1 saturated carbocycles. The molecule has 0 atom stereocenters. The monoisotopic (exact) mass is 290 g/mol. The third-order valence-electron chi connectivity index (χ3n) is 4.58. The minimum absolute atomic E-state index is 0.139. The first-order chi connectivity index (χ1) is 10.1. The van der Waals surface area contributed by atoms with Crippen molar-refractivity contribution in [2.45, 2.75) is 38.5 Å². The minimum atomic E-state index is -0.487. The lowest BCUT2D eigenvalue weighted by molar-refractivity contribution is -0.129. The number of hydrogen-bond donors (Lipinski definition) is 1. The number of amides is 3. The van der Waals surface area contributed by atoms with E-state index in [0.717, 1.165) is 38.5 Å². The highest BCUT2D eigenvalue weighted by Crippen LogP contribution is 2.39. The Hall–Kier alpha value is -1.91. The summed E-state index contributed by atoms with van der Waals surface area (Å²) in [5.41, 5.74) is -0.0547. The number of nitrogens with zero attached hydrogens (tertiary/aromatic N) is 1. The molecule has 112 valence electrons. The molecule has 1 saturated heterocycles. The lowest BCUT2D eigenvalue weighted by atomic mass is 9.77. The number of rotatable bonds is 1. The van der Waals surface area contributed by atoms with Gasteiger partial charge in [-0.25, -0.2) is 14.1 Å². The third-order valence-corrected chi connectivity index (χ3v) is 4.58. The van der Waals surface area contributed by atoms with Gasteiger partial charge in [-0.3, -0.25) is 4.79 Å². The fourth-order valence-electron chi connectivity index (χ4n) is 3.35. The highest BCUT2D eigenvalue weighted by Gasteiger charge is 2.47. The van der Waals surface area contributed by atoms with Gasteiger partial charge in [-0.2, -0.15) is 0 Å². The summed E-state index contributed by atoms with van der Waals surface area (Å²) in [6.07, 6.45) is 5.92. The number of hydrogen-bond acceptors (Lipinski definition) is 2. The molecular formula is C16H19FN2O2. The number of benzene rings is 1. The number of halogens is 1. The summed E-state index contributed by atoms with van der Waals surface area (Å²) < 4.78 is 13.0. The fraction of sp³-hybridized carbons (Fsp3) is 0.500. The van der Waals surface area contributed by atoms with Crippen LogP contribution in [0, 0.1) is 11.2 Å². The van der Waals surface area contributed by atoms with Crippen LogP contribution in [0.1, 0.15) is 38.5 Å². The van der Waals surface area contributed by atoms with Crippen LogP contribution in [0.5, 0.6) is 0 Å². The van der Waals surface area contributed by atoms with E-state index < -0.39 is 11.4 Å². The van der Waals surface area contributed by atoms with Gasteiger partial charge < -0.3 is 5.32 Å². The largest absolute Gasteiger partial charge is 0.336 e. The van der Waals surface area contributed by atoms with Crippen molar-refractivity contribution in [3.05, 3.63) is 30.1 Å². The maximum atomic E-state index is 13.0. The molecule has 5 heteroatoms. The molecule has 4 nitrogen and oxygen atoms in total. The van der Waals surface area contributed by atoms with Gasteiger partial charge in [0.2, 0.25) is 5.91 Å². The number of nitrogens with one attached hydrogen (secondary N) is 1. The first-order valence-electron chi connectivity index (χ1n) is 7.50. The van der Waals surface area contributed by atoms with Gasteiger partial charge in [0.15, 0.2) is 0 Å². The summed E-state index contributed by atoms with van der Waals surface area (Å²) in [4.78, 5) is 26.2. The van der Waals surface area contributed by atoms with E-state index in [-0.39, 0.29) is 11.7 Å². The van der Waals surface area contributed by atoms with Crippen LogP contribution >= 0.6 is 0 Å². The summed E-state index contributed by atoms with van der Waals surface area (Å²) in [7, 11) is 0. The van der Waals surface area contributed by atoms with Crippen molar-refractivity contribution < 1.29 is 14.0 Å². The van der Waals surface area contributed by atoms with E-state index >= 15 is 0 Å². The second-order valence-electron chi connectivity index (χ2n) is 5.97. The smallest absolute Gasteiger partial charge is 0.328 e. The molecule has 1 aromatic rings. The second-order valence-corrected chi connectivity index (χ2v) is 5.97. The molecule has 3 rings (SSSR count). The lowest BCUT2D eigenvalue weighted by Gasteiger charge is -2.40. The summed E-state index contributed by atoms with van der Waals surface area (Å²) >= 11 is 0. The van der Waals surface area contributed by atoms with Gasteiger partial charge in [0.25, 0.3) is 0 Å². The molecule has 3 amide bonds. The molecule has 0 radical (unpaired) electrons. The topological polar surface area (TPSA) is 49.4 Å². The van der Waals surface area contributed by atoms with Crippen molar-refractivity contribution in [3.63, 3.8) is 0 Å². The molecule has 0 unspecified atom stereocenters. The maximum absolute atomic E-state index is 13.0. The molecule has 1 heterocycles. The molecule has 1 aromatic carbocycles. The average molecular weight is 290 g/mol. The summed E-state index contributed by atoms with van der Waals surface area (Å²) in [6, 6.07) is 5.07. The predicted octanol–water partition coefficient (Wildman–Crippen LogP) is 3.22. The third kappa shape index (κ3) is 2.52. The van der Waals surface area contributed by atoms with Gasteiger partial charge >= 0.3 is 6.03 Å². The van der Waals surface area contributed by atoms with Gasteiger partial charge in [-0.15, -0.1) is 0 Å². The van der Waals surface area contributed by atoms with Crippen LogP contribution in [0.4, 0.5) is 14.9 Å². The quantitative estimate of drug-likeness (QED) is 0.863. The van der Waals surface area contributed by atoms with E-state index in [9.17, 15) is 14.0 Å². The van der Waals surface area contributed by atoms with E-state index in [1.165, 1.54) is 29.2 Å². The Morgan fingerprint density at radius 1 is 1.00 bits per heavy atom. The average Bonchev–Trinajstić information content (AvgIpc) is 2.72. The molecule has 2 fully saturated rings. The van der Waals surface area contributed by atoms with E-state index in [1.54, 1.807) is 0 Å². The number of carbonyl (C=O) groups excluding carboxylic acids is 2. The van der Waals surface area contributed by atoms with E-state index in [2.05, 4.69) is 5.32 Å². The molecule has 1 aliphatic carbocycles. The molecule has 1 aliphatic heterocycles. The number of urea groups is 1. The summed E-state index contributed by atoms with van der Waals surface area (Å²) in [6.45, 7) is 0.419. The zero-order chi connectivity index (χ0) is 14.9. The van der Waals surface area contributed by atoms with Gasteiger partial charge in [0.05, 0.1) is 11.1 Å². The van der Waals surface area contributed by atoms with Crippen LogP contribution in [0.25, 0.3) is 0 Å². The molecular weight excluding hydrogens is 271 g/mol. The molecule has 0 aromatic heterocycles. The van der Waals surface area contributed by atoms with Crippen molar-refractivity contribution in [3.8, 4) is 0 Å². The Bertz CT molecular complexity index is 548. The Kier molecular flexibility index (Phi) is 3.66. The zero-order valence-electron chi connectivity index (χ0n) is 11.9. The number of carbonyl (C=O) groups is 2. The Morgan fingerprint density at radius 2 is 1.62 bits per heavy atom. The zero-order valence-corrected chi connectivity index (χ0v) is 11.9. The van der Waals surface area contributed by atoms with Crippen molar-refractivity contribution in [1.29, 1.82) is 0 Å². The molecule has 1 spiro atoms. The standard InChI is InChI=1S/C16H19FN2O2/c17-12-5-7-13(8-6-12)19-14(20)16(11-18-15(19)21)9-3-1-2-4-10-16/h5-8H,1-4,9-11H2,(H,18,21). The van der Waals surface area contributed by atoms with Crippen LogP contribution in [0.3, 0.4) is 0 Å². The first kappa shape index (κ1) is 14.0. The van der Waals surface area contributed by atoms with Gasteiger partial charge in [-0.05, 0) is 37.1 Å². The van der Waals surface area contributed by atoms with Gasteiger partial charge in [0, 0.05) is 6.54 Å². The highest BCUT2D eigenvalue weighted by molar-refractivity contribution is 6.18. The number of imide groups is 1. The number of anilines is 1. The van der Waals surface area contributed by atoms with Crippen LogP contribution in [0.2, 0.25) is 0 Å². The van der Waals surface area contributed by atoms with Gasteiger partial charge in [-0.1, -0.05) is 25.7 Å². The summed E-state index contributed by atoms with van der Waals surface area (Å²) in [5, 5.41) is 2.84. The molecule has 21 heavy (non-hydrogen) atoms. The second kappa shape index (κ2) is 5.47. The van der Waals surface area contributed by atoms with Crippen molar-refractivity contribution in [1.82, 2.24) is 5.32 Å². The van der Waals surface area contributed by atoms with Crippen molar-refractivity contribution in [2.24, 2.45) is 5.41 Å². The van der Waals surface area contributed by atoms with Crippen LogP contribution in [0.15, 0.2) is 24.3 Å².